The molecule has 1 aromatic heterocycles. The van der Waals surface area contributed by atoms with Crippen molar-refractivity contribution < 1.29 is 63.0 Å². The van der Waals surface area contributed by atoms with E-state index in [1.54, 1.807) is 6.20 Å². The molecule has 0 bridgehead atoms. The van der Waals surface area contributed by atoms with Gasteiger partial charge in [-0.05, 0) is 18.9 Å². The zero-order valence-electron chi connectivity index (χ0n) is 7.87. The first-order chi connectivity index (χ1) is 5.75. The van der Waals surface area contributed by atoms with Gasteiger partial charge in [-0.15, -0.1) is 0 Å². The number of aryl methyl sites for hydroxylation is 2. The van der Waals surface area contributed by atoms with Crippen LogP contribution in [0.15, 0.2) is 12.3 Å². The number of carbonyl (C=O) groups is 1. The van der Waals surface area contributed by atoms with Crippen LogP contribution in [0.2, 0.25) is 0 Å². The van der Waals surface area contributed by atoms with E-state index in [9.17, 15) is 4.79 Å². The van der Waals surface area contributed by atoms with Crippen molar-refractivity contribution >= 4 is 11.7 Å². The largest absolute Gasteiger partial charge is 1.00 e. The molecule has 1 aromatic rings. The van der Waals surface area contributed by atoms with Crippen molar-refractivity contribution in [3.8, 4) is 0 Å². The van der Waals surface area contributed by atoms with E-state index in [1.165, 1.54) is 0 Å². The van der Waals surface area contributed by atoms with Gasteiger partial charge in [-0.2, -0.15) is 0 Å². The predicted octanol–water partition coefficient (Wildman–Crippen LogP) is -1.13. The second-order valence-corrected chi connectivity index (χ2v) is 3.00. The van der Waals surface area contributed by atoms with Crippen LogP contribution >= 0.6 is 0 Å². The van der Waals surface area contributed by atoms with Crippen LogP contribution < -0.4 is 58.2 Å². The summed E-state index contributed by atoms with van der Waals surface area (Å²) in [6.07, 6.45) is 3.05. The molecule has 1 aliphatic rings. The molecule has 0 saturated carbocycles. The zero-order valence-corrected chi connectivity index (χ0v) is 12.8. The molecule has 0 fully saturated rings. The Hall–Kier alpha value is 0.425. The number of nitrogens with zero attached hydrogens (tertiary/aromatic N) is 2. The summed E-state index contributed by atoms with van der Waals surface area (Å²) in [7, 11) is 0. The minimum atomic E-state index is -0.0566. The predicted molar refractivity (Wildman–Crippen MR) is 45.3 cm³/mol. The first kappa shape index (κ1) is 11.5. The molecule has 4 heteroatoms. The van der Waals surface area contributed by atoms with Crippen molar-refractivity contribution in [2.45, 2.75) is 19.8 Å². The summed E-state index contributed by atoms with van der Waals surface area (Å²) in [5, 5.41) is 3.84. The van der Waals surface area contributed by atoms with E-state index in [1.807, 2.05) is 13.0 Å². The van der Waals surface area contributed by atoms with Gasteiger partial charge in [0.25, 0.3) is 0 Å². The maximum absolute atomic E-state index is 10.9. The quantitative estimate of drug-likeness (QED) is 0.582. The van der Waals surface area contributed by atoms with Gasteiger partial charge < -0.3 is 10.3 Å². The Balaban J connectivity index is 0.000000845. The van der Waals surface area contributed by atoms with Gasteiger partial charge in [0, 0.05) is 6.42 Å². The Morgan fingerprint density at radius 2 is 2.23 bits per heavy atom. The third-order valence-corrected chi connectivity index (χ3v) is 1.92. The van der Waals surface area contributed by atoms with Crippen LogP contribution in [0.3, 0.4) is 0 Å². The number of pyridine rings is 1. The summed E-state index contributed by atoms with van der Waals surface area (Å²) in [5.74, 6) is 0.552. The van der Waals surface area contributed by atoms with Crippen LogP contribution in [0.25, 0.3) is 5.32 Å². The number of fused-ring (bicyclic) bond motifs is 1. The van der Waals surface area contributed by atoms with E-state index in [0.29, 0.717) is 12.2 Å². The van der Waals surface area contributed by atoms with Gasteiger partial charge in [-0.3, -0.25) is 4.79 Å². The Morgan fingerprint density at radius 3 is 3.00 bits per heavy atom. The van der Waals surface area contributed by atoms with Crippen molar-refractivity contribution in [3.05, 3.63) is 28.7 Å². The fourth-order valence-electron chi connectivity index (χ4n) is 1.32. The van der Waals surface area contributed by atoms with Crippen LogP contribution in [0, 0.1) is 6.92 Å². The minimum Gasteiger partial charge on any atom is -0.442 e. The molecule has 0 atom stereocenters. The molecule has 62 valence electrons. The molecule has 0 spiro atoms. The fourth-order valence-corrected chi connectivity index (χ4v) is 1.32. The fraction of sp³-hybridized carbons (Fsp3) is 0.333. The first-order valence-electron chi connectivity index (χ1n) is 3.96. The summed E-state index contributed by atoms with van der Waals surface area (Å²) in [4.78, 5) is 15.0. The van der Waals surface area contributed by atoms with Crippen molar-refractivity contribution in [1.82, 2.24) is 4.98 Å². The van der Waals surface area contributed by atoms with E-state index >= 15 is 0 Å². The summed E-state index contributed by atoms with van der Waals surface area (Å²) >= 11 is 0. The molecule has 13 heavy (non-hydrogen) atoms. The van der Waals surface area contributed by atoms with Crippen molar-refractivity contribution in [1.29, 1.82) is 0 Å². The first-order valence-corrected chi connectivity index (χ1v) is 3.96. The molecule has 2 rings (SSSR count). The third kappa shape index (κ3) is 2.69. The smallest absolute Gasteiger partial charge is 0.442 e. The Labute approximate surface area is 126 Å². The average molecular weight is 247 g/mol. The molecule has 0 saturated heterocycles. The summed E-state index contributed by atoms with van der Waals surface area (Å²) < 4.78 is 0. The van der Waals surface area contributed by atoms with Crippen LogP contribution in [0.1, 0.15) is 17.5 Å². The Kier molecular flexibility index (Phi) is 4.23. The summed E-state index contributed by atoms with van der Waals surface area (Å²) in [5.41, 5.74) is 2.22. The van der Waals surface area contributed by atoms with Gasteiger partial charge in [-0.1, -0.05) is 23.6 Å². The van der Waals surface area contributed by atoms with E-state index in [2.05, 4.69) is 10.3 Å². The van der Waals surface area contributed by atoms with Gasteiger partial charge in [0.1, 0.15) is 5.91 Å². The number of hydrogen-bond donors (Lipinski definition) is 0. The van der Waals surface area contributed by atoms with Gasteiger partial charge in [0.2, 0.25) is 0 Å². The topological polar surface area (TPSA) is 44.1 Å². The molecule has 2 heterocycles. The van der Waals surface area contributed by atoms with Crippen molar-refractivity contribution in [3.63, 3.8) is 0 Å². The molecule has 0 N–H and O–H groups in total. The molecule has 3 nitrogen and oxygen atoms in total. The normalized spacial score (nSPS) is 14.1. The molecule has 0 radical (unpaired) electrons. The standard InChI is InChI=1S/C9H10N2O.Rb/c1-6-4-7-2-3-8(12)11-9(7)10-5-6;/h4-5H,2-3H2,1H3,(H,10,11,12);/q;+1/p-1. The number of hydrogen-bond acceptors (Lipinski definition) is 2. The Morgan fingerprint density at radius 1 is 1.46 bits per heavy atom. The van der Waals surface area contributed by atoms with Gasteiger partial charge in [0.05, 0.1) is 0 Å². The monoisotopic (exact) mass is 246 g/mol. The van der Waals surface area contributed by atoms with Crippen LogP contribution in [0.5, 0.6) is 0 Å². The van der Waals surface area contributed by atoms with E-state index < -0.39 is 0 Å². The molecule has 0 unspecified atom stereocenters. The molecule has 0 aliphatic carbocycles. The van der Waals surface area contributed by atoms with E-state index in [0.717, 1.165) is 17.5 Å². The Bertz CT molecular complexity index is 338. The van der Waals surface area contributed by atoms with Crippen molar-refractivity contribution in [2.24, 2.45) is 0 Å². The number of amides is 1. The number of rotatable bonds is 0. The zero-order chi connectivity index (χ0) is 8.55. The van der Waals surface area contributed by atoms with Gasteiger partial charge >= 0.3 is 58.2 Å². The van der Waals surface area contributed by atoms with E-state index in [4.69, 9.17) is 0 Å². The summed E-state index contributed by atoms with van der Waals surface area (Å²) in [6, 6.07) is 2.04. The van der Waals surface area contributed by atoms with Gasteiger partial charge in [0.15, 0.2) is 0 Å². The van der Waals surface area contributed by atoms with Crippen LogP contribution in [-0.4, -0.2) is 10.9 Å². The molecular weight excluding hydrogens is 238 g/mol. The maximum atomic E-state index is 10.9. The van der Waals surface area contributed by atoms with Crippen LogP contribution in [-0.2, 0) is 11.2 Å². The molecule has 1 aliphatic heterocycles. The average Bonchev–Trinajstić information content (AvgIpc) is 2.05. The second kappa shape index (κ2) is 4.78. The third-order valence-electron chi connectivity index (χ3n) is 1.92. The summed E-state index contributed by atoms with van der Waals surface area (Å²) in [6.45, 7) is 1.99. The van der Waals surface area contributed by atoms with Crippen molar-refractivity contribution in [2.75, 3.05) is 0 Å². The SMILES string of the molecule is Cc1cnc2c(c1)CCC(=O)[N-]2.[Rb+]. The molecule has 0 aromatic carbocycles. The molecule has 1 amide bonds. The number of aromatic nitrogens is 1. The van der Waals surface area contributed by atoms with E-state index in [-0.39, 0.29) is 64.1 Å². The van der Waals surface area contributed by atoms with Gasteiger partial charge in [-0.25, -0.2) is 0 Å². The minimum absolute atomic E-state index is 0. The maximum Gasteiger partial charge on any atom is 1.00 e. The number of carbonyl (C=O) groups excluding carboxylic acids is 1. The van der Waals surface area contributed by atoms with Crippen LogP contribution in [0.4, 0.5) is 5.82 Å². The molecular formula is C9H9N2ORb. The second-order valence-electron chi connectivity index (χ2n) is 3.00.